The molecular weight excluding hydrogens is 410 g/mol. The number of hydrogen-bond acceptors (Lipinski definition) is 8. The Balaban J connectivity index is 1.78. The van der Waals surface area contributed by atoms with Crippen LogP contribution in [0.4, 0.5) is 9.80 Å². The molecule has 2 amide bonds. The molecule has 1 aliphatic carbocycles. The summed E-state index contributed by atoms with van der Waals surface area (Å²) in [6, 6.07) is -0.588. The molecular formula is C20H27N3O6S. The van der Waals surface area contributed by atoms with Crippen LogP contribution in [-0.2, 0) is 19.0 Å². The zero-order valence-corrected chi connectivity index (χ0v) is 18.5. The number of urea groups is 1. The van der Waals surface area contributed by atoms with Crippen LogP contribution in [0.25, 0.3) is 0 Å². The van der Waals surface area contributed by atoms with Gasteiger partial charge in [-0.2, -0.15) is 0 Å². The number of esters is 2. The number of ether oxygens (including phenoxy) is 3. The van der Waals surface area contributed by atoms with Crippen molar-refractivity contribution in [2.75, 3.05) is 11.9 Å². The maximum absolute atomic E-state index is 12.7. The SMILES string of the molecule is CCOC(=O)c1c(NC(=O)NC2(C(=O)OC(C)(C)C)CC2)sc(C2NC=CO2)c1C. The topological polar surface area (TPSA) is 115 Å². The van der Waals surface area contributed by atoms with E-state index >= 15 is 0 Å². The maximum Gasteiger partial charge on any atom is 0.341 e. The molecule has 0 spiro atoms. The molecule has 10 heteroatoms. The van der Waals surface area contributed by atoms with Crippen LogP contribution in [0.3, 0.4) is 0 Å². The molecule has 2 heterocycles. The van der Waals surface area contributed by atoms with E-state index in [0.29, 0.717) is 23.4 Å². The van der Waals surface area contributed by atoms with Gasteiger partial charge in [0.2, 0.25) is 6.23 Å². The van der Waals surface area contributed by atoms with Crippen molar-refractivity contribution >= 4 is 34.3 Å². The molecule has 1 saturated carbocycles. The predicted octanol–water partition coefficient (Wildman–Crippen LogP) is 3.32. The molecule has 3 rings (SSSR count). The fourth-order valence-corrected chi connectivity index (χ4v) is 4.16. The fourth-order valence-electron chi connectivity index (χ4n) is 2.97. The Morgan fingerprint density at radius 2 is 2.03 bits per heavy atom. The number of nitrogens with one attached hydrogen (secondary N) is 3. The second-order valence-corrected chi connectivity index (χ2v) is 9.22. The maximum atomic E-state index is 12.7. The van der Waals surface area contributed by atoms with E-state index in [9.17, 15) is 14.4 Å². The van der Waals surface area contributed by atoms with Gasteiger partial charge in [0.25, 0.3) is 0 Å². The van der Waals surface area contributed by atoms with Gasteiger partial charge in [-0.3, -0.25) is 5.32 Å². The Hall–Kier alpha value is -2.75. The summed E-state index contributed by atoms with van der Waals surface area (Å²) < 4.78 is 16.1. The lowest BCUT2D eigenvalue weighted by molar-refractivity contribution is -0.158. The number of rotatable bonds is 6. The molecule has 9 nitrogen and oxygen atoms in total. The highest BCUT2D eigenvalue weighted by Gasteiger charge is 2.53. The Kier molecular flexibility index (Phi) is 5.98. The zero-order chi connectivity index (χ0) is 22.1. The highest BCUT2D eigenvalue weighted by Crippen LogP contribution is 2.40. The number of hydrogen-bond donors (Lipinski definition) is 3. The van der Waals surface area contributed by atoms with E-state index in [1.54, 1.807) is 40.8 Å². The molecule has 0 aromatic carbocycles. The van der Waals surface area contributed by atoms with Gasteiger partial charge in [0.15, 0.2) is 0 Å². The summed E-state index contributed by atoms with van der Waals surface area (Å²) in [4.78, 5) is 38.4. The zero-order valence-electron chi connectivity index (χ0n) is 17.7. The highest BCUT2D eigenvalue weighted by atomic mass is 32.1. The van der Waals surface area contributed by atoms with Crippen molar-refractivity contribution < 1.29 is 28.6 Å². The number of thiophene rings is 1. The Bertz CT molecular complexity index is 874. The van der Waals surface area contributed by atoms with Crippen molar-refractivity contribution in [2.24, 2.45) is 0 Å². The van der Waals surface area contributed by atoms with Crippen molar-refractivity contribution in [1.82, 2.24) is 10.6 Å². The fraction of sp³-hybridized carbons (Fsp3) is 0.550. The van der Waals surface area contributed by atoms with Crippen LogP contribution < -0.4 is 16.0 Å². The van der Waals surface area contributed by atoms with Gasteiger partial charge in [0.1, 0.15) is 22.4 Å². The Morgan fingerprint density at radius 1 is 1.33 bits per heavy atom. The van der Waals surface area contributed by atoms with Gasteiger partial charge in [-0.25, -0.2) is 14.4 Å². The van der Waals surface area contributed by atoms with Crippen LogP contribution >= 0.6 is 11.3 Å². The first-order valence-corrected chi connectivity index (χ1v) is 10.6. The molecule has 0 bridgehead atoms. The van der Waals surface area contributed by atoms with Crippen molar-refractivity contribution in [1.29, 1.82) is 0 Å². The van der Waals surface area contributed by atoms with Gasteiger partial charge in [0, 0.05) is 6.20 Å². The normalized spacial score (nSPS) is 18.8. The lowest BCUT2D eigenvalue weighted by Crippen LogP contribution is -2.47. The molecule has 164 valence electrons. The summed E-state index contributed by atoms with van der Waals surface area (Å²) in [5.41, 5.74) is -0.754. The smallest absolute Gasteiger partial charge is 0.341 e. The first kappa shape index (κ1) is 21.9. The molecule has 3 N–H and O–H groups in total. The van der Waals surface area contributed by atoms with E-state index < -0.39 is 35.3 Å². The molecule has 0 saturated heterocycles. The minimum Gasteiger partial charge on any atom is -0.472 e. The molecule has 1 aliphatic heterocycles. The minimum atomic E-state index is -1.03. The van der Waals surface area contributed by atoms with E-state index in [4.69, 9.17) is 14.2 Å². The van der Waals surface area contributed by atoms with Crippen molar-refractivity contribution in [3.05, 3.63) is 28.5 Å². The standard InChI is InChI=1S/C20H27N3O6S/c1-6-27-16(24)12-11(2)13(14-21-9-10-28-14)30-15(12)22-18(26)23-20(7-8-20)17(25)29-19(3,4)5/h9-10,14,21H,6-8H2,1-5H3,(H2,22,23,26). The monoisotopic (exact) mass is 437 g/mol. The van der Waals surface area contributed by atoms with E-state index in [-0.39, 0.29) is 12.2 Å². The second kappa shape index (κ2) is 8.17. The van der Waals surface area contributed by atoms with Crippen LogP contribution in [0.1, 0.15) is 67.6 Å². The van der Waals surface area contributed by atoms with Crippen molar-refractivity contribution in [3.63, 3.8) is 0 Å². The van der Waals surface area contributed by atoms with Gasteiger partial charge in [-0.1, -0.05) is 0 Å². The average molecular weight is 438 g/mol. The average Bonchev–Trinajstić information content (AvgIpc) is 3.08. The predicted molar refractivity (Wildman–Crippen MR) is 111 cm³/mol. The van der Waals surface area contributed by atoms with Crippen LogP contribution in [0.15, 0.2) is 12.5 Å². The third-order valence-electron chi connectivity index (χ3n) is 4.55. The van der Waals surface area contributed by atoms with E-state index in [1.165, 1.54) is 17.6 Å². The van der Waals surface area contributed by atoms with E-state index in [1.807, 2.05) is 0 Å². The van der Waals surface area contributed by atoms with Crippen LogP contribution in [0.5, 0.6) is 0 Å². The Labute approximate surface area is 179 Å². The van der Waals surface area contributed by atoms with E-state index in [0.717, 1.165) is 4.88 Å². The van der Waals surface area contributed by atoms with Gasteiger partial charge >= 0.3 is 18.0 Å². The van der Waals surface area contributed by atoms with Crippen molar-refractivity contribution in [2.45, 2.75) is 64.8 Å². The molecule has 1 aromatic heterocycles. The quantitative estimate of drug-likeness (QED) is 0.585. The third kappa shape index (κ3) is 4.69. The number of carbonyl (C=O) groups is 3. The van der Waals surface area contributed by atoms with Gasteiger partial charge in [0.05, 0.1) is 17.0 Å². The lowest BCUT2D eigenvalue weighted by Gasteiger charge is -2.24. The summed E-state index contributed by atoms with van der Waals surface area (Å²) in [7, 11) is 0. The van der Waals surface area contributed by atoms with Crippen LogP contribution in [0, 0.1) is 6.92 Å². The summed E-state index contributed by atoms with van der Waals surface area (Å²) >= 11 is 1.21. The number of carbonyl (C=O) groups excluding carboxylic acids is 3. The van der Waals surface area contributed by atoms with Crippen LogP contribution in [-0.4, -0.2) is 35.7 Å². The molecule has 2 aliphatic rings. The lowest BCUT2D eigenvalue weighted by atomic mass is 10.1. The molecule has 1 atom stereocenters. The van der Waals surface area contributed by atoms with Gasteiger partial charge in [-0.05, 0) is 53.0 Å². The largest absolute Gasteiger partial charge is 0.472 e. The van der Waals surface area contributed by atoms with Gasteiger partial charge < -0.3 is 24.8 Å². The number of amides is 2. The van der Waals surface area contributed by atoms with E-state index in [2.05, 4.69) is 16.0 Å². The molecule has 0 radical (unpaired) electrons. The number of anilines is 1. The molecule has 1 aromatic rings. The summed E-state index contributed by atoms with van der Waals surface area (Å²) in [6.45, 7) is 9.01. The molecule has 1 unspecified atom stereocenters. The minimum absolute atomic E-state index is 0.205. The van der Waals surface area contributed by atoms with Crippen LogP contribution in [0.2, 0.25) is 0 Å². The second-order valence-electron chi connectivity index (χ2n) is 8.16. The summed E-state index contributed by atoms with van der Waals surface area (Å²) in [6.07, 6.45) is 3.73. The van der Waals surface area contributed by atoms with Gasteiger partial charge in [-0.15, -0.1) is 11.3 Å². The highest BCUT2D eigenvalue weighted by molar-refractivity contribution is 7.17. The molecule has 1 fully saturated rings. The third-order valence-corrected chi connectivity index (χ3v) is 5.80. The van der Waals surface area contributed by atoms with Crippen molar-refractivity contribution in [3.8, 4) is 0 Å². The first-order chi connectivity index (χ1) is 14.1. The Morgan fingerprint density at radius 3 is 2.57 bits per heavy atom. The molecule has 30 heavy (non-hydrogen) atoms. The first-order valence-electron chi connectivity index (χ1n) is 9.76. The summed E-state index contributed by atoms with van der Waals surface area (Å²) in [5, 5.41) is 8.77. The summed E-state index contributed by atoms with van der Waals surface area (Å²) in [5.74, 6) is -1.000.